The molecule has 1 N–H and O–H groups in total. The van der Waals surface area contributed by atoms with Crippen molar-refractivity contribution in [2.24, 2.45) is 0 Å². The number of nitrogens with zero attached hydrogens (tertiary/aromatic N) is 3. The van der Waals surface area contributed by atoms with Gasteiger partial charge in [-0.2, -0.15) is 0 Å². The van der Waals surface area contributed by atoms with Crippen LogP contribution >= 0.6 is 0 Å². The van der Waals surface area contributed by atoms with Crippen molar-refractivity contribution in [3.8, 4) is 0 Å². The van der Waals surface area contributed by atoms with Gasteiger partial charge in [0, 0.05) is 56.2 Å². The second kappa shape index (κ2) is 9.32. The average Bonchev–Trinajstić information content (AvgIpc) is 3.16. The molecule has 1 saturated heterocycles. The third-order valence-electron chi connectivity index (χ3n) is 6.16. The second-order valence-electron chi connectivity index (χ2n) is 8.62. The molecule has 4 rings (SSSR count). The monoisotopic (exact) mass is 426 g/mol. The maximum absolute atomic E-state index is 13.4. The van der Waals surface area contributed by atoms with Crippen LogP contribution in [0.2, 0.25) is 0 Å². The number of ether oxygens (including phenoxy) is 1. The molecule has 31 heavy (non-hydrogen) atoms. The highest BCUT2D eigenvalue weighted by Crippen LogP contribution is 2.36. The summed E-state index contributed by atoms with van der Waals surface area (Å²) in [6, 6.07) is 8.61. The van der Waals surface area contributed by atoms with Gasteiger partial charge < -0.3 is 19.9 Å². The Morgan fingerprint density at radius 2 is 1.90 bits per heavy atom. The molecule has 2 aliphatic rings. The molecular formula is C24H31FN4O2. The van der Waals surface area contributed by atoms with Gasteiger partial charge in [-0.3, -0.25) is 9.78 Å². The summed E-state index contributed by atoms with van der Waals surface area (Å²) in [6.07, 6.45) is 1.89. The van der Waals surface area contributed by atoms with E-state index in [-0.39, 0.29) is 29.8 Å². The van der Waals surface area contributed by atoms with Gasteiger partial charge in [-0.1, -0.05) is 26.0 Å². The molecule has 1 fully saturated rings. The SMILES string of the molecule is CC(C)NCC(C(=O)N1CCN(c2ccnc3c2[C@H](C)OC3)CC1)c1ccc(F)cc1. The van der Waals surface area contributed by atoms with E-state index in [0.29, 0.717) is 26.2 Å². The lowest BCUT2D eigenvalue weighted by Gasteiger charge is -2.38. The molecule has 2 aromatic rings. The number of hydrogen-bond acceptors (Lipinski definition) is 5. The maximum Gasteiger partial charge on any atom is 0.231 e. The summed E-state index contributed by atoms with van der Waals surface area (Å²) < 4.78 is 19.2. The van der Waals surface area contributed by atoms with Crippen molar-refractivity contribution in [2.75, 3.05) is 37.6 Å². The summed E-state index contributed by atoms with van der Waals surface area (Å²) in [5, 5.41) is 3.37. The smallest absolute Gasteiger partial charge is 0.231 e. The molecule has 2 atom stereocenters. The zero-order valence-corrected chi connectivity index (χ0v) is 18.5. The van der Waals surface area contributed by atoms with Crippen LogP contribution in [0, 0.1) is 5.82 Å². The van der Waals surface area contributed by atoms with Crippen molar-refractivity contribution in [2.45, 2.75) is 45.4 Å². The highest BCUT2D eigenvalue weighted by molar-refractivity contribution is 5.84. The van der Waals surface area contributed by atoms with Gasteiger partial charge in [0.25, 0.3) is 0 Å². The third-order valence-corrected chi connectivity index (χ3v) is 6.16. The summed E-state index contributed by atoms with van der Waals surface area (Å²) >= 11 is 0. The minimum absolute atomic E-state index is 0.0447. The van der Waals surface area contributed by atoms with Crippen LogP contribution < -0.4 is 10.2 Å². The van der Waals surface area contributed by atoms with E-state index in [0.717, 1.165) is 24.3 Å². The normalized spacial score (nSPS) is 19.6. The molecule has 0 bridgehead atoms. The fourth-order valence-electron chi connectivity index (χ4n) is 4.41. The Balaban J connectivity index is 1.46. The molecule has 7 heteroatoms. The number of rotatable bonds is 6. The Morgan fingerprint density at radius 1 is 1.19 bits per heavy atom. The van der Waals surface area contributed by atoms with Crippen molar-refractivity contribution in [1.82, 2.24) is 15.2 Å². The van der Waals surface area contributed by atoms with Crippen LogP contribution in [-0.2, 0) is 16.1 Å². The number of aromatic nitrogens is 1. The van der Waals surface area contributed by atoms with Crippen LogP contribution in [0.15, 0.2) is 36.5 Å². The predicted octanol–water partition coefficient (Wildman–Crippen LogP) is 3.24. The van der Waals surface area contributed by atoms with E-state index < -0.39 is 0 Å². The lowest BCUT2D eigenvalue weighted by Crippen LogP contribution is -2.51. The van der Waals surface area contributed by atoms with Gasteiger partial charge in [0.05, 0.1) is 24.3 Å². The number of benzene rings is 1. The number of hydrogen-bond donors (Lipinski definition) is 1. The lowest BCUT2D eigenvalue weighted by molar-refractivity contribution is -0.133. The molecule has 1 aromatic carbocycles. The first-order valence-electron chi connectivity index (χ1n) is 11.1. The summed E-state index contributed by atoms with van der Waals surface area (Å²) in [7, 11) is 0. The molecule has 6 nitrogen and oxygen atoms in total. The number of anilines is 1. The quantitative estimate of drug-likeness (QED) is 0.769. The zero-order valence-electron chi connectivity index (χ0n) is 18.5. The average molecular weight is 427 g/mol. The Morgan fingerprint density at radius 3 is 2.58 bits per heavy atom. The van der Waals surface area contributed by atoms with Gasteiger partial charge in [0.15, 0.2) is 0 Å². The lowest BCUT2D eigenvalue weighted by atomic mass is 9.96. The van der Waals surface area contributed by atoms with Gasteiger partial charge >= 0.3 is 0 Å². The number of pyridine rings is 1. The van der Waals surface area contributed by atoms with Crippen molar-refractivity contribution < 1.29 is 13.9 Å². The van der Waals surface area contributed by atoms with Crippen LogP contribution in [0.5, 0.6) is 0 Å². The van der Waals surface area contributed by atoms with Crippen molar-refractivity contribution in [3.63, 3.8) is 0 Å². The molecular weight excluding hydrogens is 395 g/mol. The fraction of sp³-hybridized carbons (Fsp3) is 0.500. The standard InChI is InChI=1S/C24H31FN4O2/c1-16(2)27-14-20(18-4-6-19(25)7-5-18)24(30)29-12-10-28(11-13-29)22-8-9-26-21-15-31-17(3)23(21)22/h4-9,16-17,20,27H,10-15H2,1-3H3/t17-,20?/m0/s1. The molecule has 1 aromatic heterocycles. The summed E-state index contributed by atoms with van der Waals surface area (Å²) in [5.74, 6) is -0.521. The van der Waals surface area contributed by atoms with Crippen molar-refractivity contribution >= 4 is 11.6 Å². The van der Waals surface area contributed by atoms with Crippen LogP contribution in [0.1, 0.15) is 49.6 Å². The topological polar surface area (TPSA) is 57.7 Å². The Labute approximate surface area is 183 Å². The molecule has 1 amide bonds. The first-order chi connectivity index (χ1) is 14.9. The molecule has 166 valence electrons. The summed E-state index contributed by atoms with van der Waals surface area (Å²) in [6.45, 7) is 10.1. The van der Waals surface area contributed by atoms with Crippen LogP contribution in [0.4, 0.5) is 10.1 Å². The molecule has 1 unspecified atom stereocenters. The van der Waals surface area contributed by atoms with Crippen LogP contribution in [0.3, 0.4) is 0 Å². The fourth-order valence-corrected chi connectivity index (χ4v) is 4.41. The molecule has 2 aliphatic heterocycles. The summed E-state index contributed by atoms with van der Waals surface area (Å²) in [4.78, 5) is 22.1. The maximum atomic E-state index is 13.4. The second-order valence-corrected chi connectivity index (χ2v) is 8.62. The van der Waals surface area contributed by atoms with Crippen LogP contribution in [0.25, 0.3) is 0 Å². The van der Waals surface area contributed by atoms with Gasteiger partial charge in [-0.15, -0.1) is 0 Å². The molecule has 0 saturated carbocycles. The summed E-state index contributed by atoms with van der Waals surface area (Å²) in [5.41, 5.74) is 4.20. The van der Waals surface area contributed by atoms with E-state index >= 15 is 0 Å². The zero-order chi connectivity index (χ0) is 22.0. The Bertz CT molecular complexity index is 910. The van der Waals surface area contributed by atoms with E-state index in [9.17, 15) is 9.18 Å². The van der Waals surface area contributed by atoms with E-state index in [1.54, 1.807) is 12.1 Å². The number of amides is 1. The Kier molecular flexibility index (Phi) is 6.53. The highest BCUT2D eigenvalue weighted by atomic mass is 19.1. The van der Waals surface area contributed by atoms with Crippen molar-refractivity contribution in [3.05, 3.63) is 59.2 Å². The van der Waals surface area contributed by atoms with E-state index in [1.807, 2.05) is 11.1 Å². The Hall–Kier alpha value is -2.51. The van der Waals surface area contributed by atoms with Gasteiger partial charge in [0.2, 0.25) is 5.91 Å². The minimum Gasteiger partial charge on any atom is -0.368 e. The molecule has 0 radical (unpaired) electrons. The van der Waals surface area contributed by atoms with Gasteiger partial charge in [-0.25, -0.2) is 4.39 Å². The number of piperazine rings is 1. The number of carbonyl (C=O) groups is 1. The van der Waals surface area contributed by atoms with E-state index in [2.05, 4.69) is 42.0 Å². The molecule has 0 aliphatic carbocycles. The van der Waals surface area contributed by atoms with Crippen molar-refractivity contribution in [1.29, 1.82) is 0 Å². The largest absolute Gasteiger partial charge is 0.368 e. The third kappa shape index (κ3) is 4.72. The molecule has 0 spiro atoms. The highest BCUT2D eigenvalue weighted by Gasteiger charge is 2.31. The first kappa shape index (κ1) is 21.7. The first-order valence-corrected chi connectivity index (χ1v) is 11.1. The number of carbonyl (C=O) groups excluding carboxylic acids is 1. The number of nitrogens with one attached hydrogen (secondary N) is 1. The molecule has 3 heterocycles. The number of fused-ring (bicyclic) bond motifs is 1. The van der Waals surface area contributed by atoms with E-state index in [4.69, 9.17) is 4.74 Å². The van der Waals surface area contributed by atoms with Gasteiger partial charge in [-0.05, 0) is 30.7 Å². The predicted molar refractivity (Wildman–Crippen MR) is 119 cm³/mol. The van der Waals surface area contributed by atoms with E-state index in [1.165, 1.54) is 23.4 Å². The number of halogens is 1. The van der Waals surface area contributed by atoms with Gasteiger partial charge in [0.1, 0.15) is 5.82 Å². The minimum atomic E-state index is -0.326. The van der Waals surface area contributed by atoms with Crippen LogP contribution in [-0.4, -0.2) is 54.6 Å².